The first-order valence-electron chi connectivity index (χ1n) is 10.1. The van der Waals surface area contributed by atoms with E-state index in [1.165, 1.54) is 12.0 Å². The maximum Gasteiger partial charge on any atom is 0.131 e. The Hall–Kier alpha value is -1.64. The summed E-state index contributed by atoms with van der Waals surface area (Å²) < 4.78 is 0. The molecule has 1 aromatic carbocycles. The van der Waals surface area contributed by atoms with Crippen molar-refractivity contribution >= 4 is 11.7 Å². The lowest BCUT2D eigenvalue weighted by atomic mass is 9.82. The lowest BCUT2D eigenvalue weighted by molar-refractivity contribution is 0.390. The normalized spacial score (nSPS) is 14.0. The van der Waals surface area contributed by atoms with Gasteiger partial charge < -0.3 is 5.73 Å². The largest absolute Gasteiger partial charge is 0.387 e. The van der Waals surface area contributed by atoms with Crippen LogP contribution in [0, 0.1) is 17.3 Å². The van der Waals surface area contributed by atoms with Gasteiger partial charge in [0.2, 0.25) is 0 Å². The van der Waals surface area contributed by atoms with E-state index >= 15 is 0 Å². The van der Waals surface area contributed by atoms with E-state index in [0.29, 0.717) is 18.3 Å². The van der Waals surface area contributed by atoms with E-state index < -0.39 is 0 Å². The standard InChI is InChI=1S/C20H33N3.C3H8/c1-7-16(4)18(21)23-19(20(5,6)13-15(2)3)22-14-17-11-9-8-10-12-17;1-3-2/h8-12,15-16H,7,13-14H2,1-6H3,(H2,21,22,23);3H2,1-2H3. The van der Waals surface area contributed by atoms with E-state index in [0.717, 1.165) is 18.7 Å². The van der Waals surface area contributed by atoms with Gasteiger partial charge in [-0.15, -0.1) is 0 Å². The molecule has 0 aliphatic rings. The van der Waals surface area contributed by atoms with Crippen molar-refractivity contribution in [3.05, 3.63) is 35.9 Å². The predicted octanol–water partition coefficient (Wildman–Crippen LogP) is 6.48. The molecule has 0 aliphatic carbocycles. The molecule has 1 atom stereocenters. The van der Waals surface area contributed by atoms with E-state index in [-0.39, 0.29) is 11.3 Å². The number of hydrogen-bond donors (Lipinski definition) is 1. The quantitative estimate of drug-likeness (QED) is 0.440. The highest BCUT2D eigenvalue weighted by Gasteiger charge is 2.26. The van der Waals surface area contributed by atoms with E-state index in [1.54, 1.807) is 0 Å². The number of amidine groups is 2. The molecule has 3 heteroatoms. The van der Waals surface area contributed by atoms with Crippen molar-refractivity contribution < 1.29 is 0 Å². The highest BCUT2D eigenvalue weighted by molar-refractivity contribution is 5.99. The highest BCUT2D eigenvalue weighted by atomic mass is 15.0. The van der Waals surface area contributed by atoms with Crippen LogP contribution < -0.4 is 5.73 Å². The van der Waals surface area contributed by atoms with Crippen LogP contribution in [-0.4, -0.2) is 11.7 Å². The van der Waals surface area contributed by atoms with Crippen molar-refractivity contribution in [1.82, 2.24) is 0 Å². The van der Waals surface area contributed by atoms with Gasteiger partial charge in [-0.05, 0) is 24.3 Å². The Morgan fingerprint density at radius 3 is 2.04 bits per heavy atom. The van der Waals surface area contributed by atoms with E-state index in [1.807, 2.05) is 18.2 Å². The zero-order chi connectivity index (χ0) is 20.2. The molecule has 148 valence electrons. The van der Waals surface area contributed by atoms with E-state index in [9.17, 15) is 0 Å². The molecular weight excluding hydrogens is 318 g/mol. The summed E-state index contributed by atoms with van der Waals surface area (Å²) in [5.41, 5.74) is 7.31. The summed E-state index contributed by atoms with van der Waals surface area (Å²) in [7, 11) is 0. The molecule has 1 unspecified atom stereocenters. The number of rotatable bonds is 7. The summed E-state index contributed by atoms with van der Waals surface area (Å²) >= 11 is 0. The van der Waals surface area contributed by atoms with Gasteiger partial charge in [-0.2, -0.15) is 0 Å². The molecule has 0 amide bonds. The lowest BCUT2D eigenvalue weighted by Gasteiger charge is -2.27. The summed E-state index contributed by atoms with van der Waals surface area (Å²) in [6, 6.07) is 10.3. The topological polar surface area (TPSA) is 50.7 Å². The van der Waals surface area contributed by atoms with Crippen LogP contribution in [0.2, 0.25) is 0 Å². The number of aliphatic imine (C=N–C) groups is 2. The molecule has 1 aromatic rings. The fourth-order valence-electron chi connectivity index (χ4n) is 2.70. The highest BCUT2D eigenvalue weighted by Crippen LogP contribution is 2.28. The number of benzene rings is 1. The van der Waals surface area contributed by atoms with Gasteiger partial charge in [0.05, 0.1) is 6.54 Å². The molecule has 0 saturated carbocycles. The third-order valence-corrected chi connectivity index (χ3v) is 4.13. The molecule has 0 radical (unpaired) electrons. The third kappa shape index (κ3) is 9.74. The van der Waals surface area contributed by atoms with Crippen molar-refractivity contribution in [3.63, 3.8) is 0 Å². The summed E-state index contributed by atoms with van der Waals surface area (Å²) in [6.45, 7) is 18.0. The van der Waals surface area contributed by atoms with Gasteiger partial charge >= 0.3 is 0 Å². The lowest BCUT2D eigenvalue weighted by Crippen LogP contribution is -2.30. The van der Waals surface area contributed by atoms with Gasteiger partial charge in [-0.3, -0.25) is 4.99 Å². The minimum Gasteiger partial charge on any atom is -0.387 e. The maximum absolute atomic E-state index is 6.19. The molecule has 0 fully saturated rings. The molecular formula is C23H41N3. The molecule has 0 saturated heterocycles. The Bertz CT molecular complexity index is 542. The van der Waals surface area contributed by atoms with Crippen molar-refractivity contribution in [3.8, 4) is 0 Å². The zero-order valence-corrected chi connectivity index (χ0v) is 18.3. The zero-order valence-electron chi connectivity index (χ0n) is 18.3. The number of nitrogens with zero attached hydrogens (tertiary/aromatic N) is 2. The molecule has 0 aromatic heterocycles. The Morgan fingerprint density at radius 1 is 1.04 bits per heavy atom. The molecule has 26 heavy (non-hydrogen) atoms. The Labute approximate surface area is 162 Å². The van der Waals surface area contributed by atoms with Crippen LogP contribution in [0.1, 0.15) is 80.2 Å². The van der Waals surface area contributed by atoms with Gasteiger partial charge in [0.15, 0.2) is 0 Å². The predicted molar refractivity (Wildman–Crippen MR) is 118 cm³/mol. The van der Waals surface area contributed by atoms with Gasteiger partial charge in [-0.25, -0.2) is 4.99 Å². The van der Waals surface area contributed by atoms with Crippen molar-refractivity contribution in [2.45, 2.75) is 81.2 Å². The molecule has 1 rings (SSSR count). The van der Waals surface area contributed by atoms with Gasteiger partial charge in [-0.1, -0.05) is 92.1 Å². The van der Waals surface area contributed by atoms with Crippen LogP contribution in [0.4, 0.5) is 0 Å². The van der Waals surface area contributed by atoms with Crippen LogP contribution in [0.3, 0.4) is 0 Å². The monoisotopic (exact) mass is 359 g/mol. The molecule has 0 spiro atoms. The number of nitrogens with two attached hydrogens (primary N) is 1. The second kappa shape index (κ2) is 12.7. The molecule has 0 heterocycles. The van der Waals surface area contributed by atoms with Crippen molar-refractivity contribution in [2.75, 3.05) is 0 Å². The summed E-state index contributed by atoms with van der Waals surface area (Å²) in [5, 5.41) is 0. The van der Waals surface area contributed by atoms with E-state index in [2.05, 4.69) is 67.5 Å². The van der Waals surface area contributed by atoms with Crippen LogP contribution >= 0.6 is 0 Å². The van der Waals surface area contributed by atoms with Crippen LogP contribution in [0.15, 0.2) is 40.3 Å². The maximum atomic E-state index is 6.19. The fourth-order valence-corrected chi connectivity index (χ4v) is 2.70. The minimum absolute atomic E-state index is 0.0823. The van der Waals surface area contributed by atoms with Gasteiger partial charge in [0.1, 0.15) is 11.7 Å². The Morgan fingerprint density at radius 2 is 1.58 bits per heavy atom. The van der Waals surface area contributed by atoms with Gasteiger partial charge in [0, 0.05) is 11.3 Å². The van der Waals surface area contributed by atoms with E-state index in [4.69, 9.17) is 15.7 Å². The minimum atomic E-state index is -0.0823. The third-order valence-electron chi connectivity index (χ3n) is 4.13. The first-order valence-corrected chi connectivity index (χ1v) is 10.1. The fraction of sp³-hybridized carbons (Fsp3) is 0.652. The first kappa shape index (κ1) is 24.4. The summed E-state index contributed by atoms with van der Waals surface area (Å²) in [4.78, 5) is 9.56. The Kier molecular flexibility index (Phi) is 11.9. The van der Waals surface area contributed by atoms with Crippen LogP contribution in [-0.2, 0) is 6.54 Å². The van der Waals surface area contributed by atoms with Crippen LogP contribution in [0.5, 0.6) is 0 Å². The smallest absolute Gasteiger partial charge is 0.131 e. The van der Waals surface area contributed by atoms with Gasteiger partial charge in [0.25, 0.3) is 0 Å². The molecule has 2 N–H and O–H groups in total. The summed E-state index contributed by atoms with van der Waals surface area (Å²) in [5.74, 6) is 2.43. The van der Waals surface area contributed by atoms with Crippen LogP contribution in [0.25, 0.3) is 0 Å². The first-order chi connectivity index (χ1) is 12.2. The molecule has 0 bridgehead atoms. The Balaban J connectivity index is 0.00000194. The second-order valence-electron chi connectivity index (χ2n) is 8.16. The summed E-state index contributed by atoms with van der Waals surface area (Å²) in [6.07, 6.45) is 3.28. The SMILES string of the molecule is CCC.CCC(C)C(N)=NC(=NCc1ccccc1)C(C)(C)CC(C)C. The number of hydrogen-bond acceptors (Lipinski definition) is 1. The molecule has 0 aliphatic heterocycles. The average molecular weight is 360 g/mol. The average Bonchev–Trinajstić information content (AvgIpc) is 2.57. The molecule has 3 nitrogen and oxygen atoms in total. The van der Waals surface area contributed by atoms with Crippen molar-refractivity contribution in [2.24, 2.45) is 33.0 Å². The second-order valence-corrected chi connectivity index (χ2v) is 8.16. The van der Waals surface area contributed by atoms with Crippen molar-refractivity contribution in [1.29, 1.82) is 0 Å².